The van der Waals surface area contributed by atoms with Crippen molar-refractivity contribution in [2.45, 2.75) is 32.0 Å². The first-order valence-electron chi connectivity index (χ1n) is 8.02. The summed E-state index contributed by atoms with van der Waals surface area (Å²) < 4.78 is 33.7. The predicted octanol–water partition coefficient (Wildman–Crippen LogP) is 2.79. The fourth-order valence-electron chi connectivity index (χ4n) is 2.64. The lowest BCUT2D eigenvalue weighted by Crippen LogP contribution is -2.42. The summed E-state index contributed by atoms with van der Waals surface area (Å²) in [5, 5.41) is 12.6. The van der Waals surface area contributed by atoms with E-state index in [-0.39, 0.29) is 24.1 Å². The number of rotatable bonds is 5. The zero-order valence-corrected chi connectivity index (χ0v) is 15.9. The predicted molar refractivity (Wildman–Crippen MR) is 95.2 cm³/mol. The monoisotopic (exact) mass is 443 g/mol. The third-order valence-electron chi connectivity index (χ3n) is 4.01. The first-order valence-corrected chi connectivity index (χ1v) is 8.81. The third kappa shape index (κ3) is 3.98. The van der Waals surface area contributed by atoms with Crippen molar-refractivity contribution in [1.82, 2.24) is 15.0 Å². The Morgan fingerprint density at radius 3 is 2.74 bits per heavy atom. The maximum absolute atomic E-state index is 14.2. The van der Waals surface area contributed by atoms with Gasteiger partial charge in [0.2, 0.25) is 5.95 Å². The molecule has 11 heteroatoms. The molecule has 8 nitrogen and oxygen atoms in total. The van der Waals surface area contributed by atoms with Gasteiger partial charge in [0.1, 0.15) is 18.5 Å². The second-order valence-electron chi connectivity index (χ2n) is 6.01. The molecule has 1 unspecified atom stereocenters. The van der Waals surface area contributed by atoms with E-state index in [1.165, 1.54) is 19.2 Å². The maximum Gasteiger partial charge on any atom is 0.416 e. The maximum atomic E-state index is 14.2. The smallest absolute Gasteiger partial charge is 0.416 e. The summed E-state index contributed by atoms with van der Waals surface area (Å²) in [5.41, 5.74) is 0.120. The highest BCUT2D eigenvalue weighted by atomic mass is 79.9. The number of carbonyl (C=O) groups is 1. The molecule has 2 aromatic heterocycles. The number of aromatic nitrogens is 3. The molecule has 3 atom stereocenters. The lowest BCUT2D eigenvalue weighted by atomic mass is 10.2. The zero-order valence-electron chi connectivity index (χ0n) is 14.4. The van der Waals surface area contributed by atoms with Gasteiger partial charge in [-0.15, -0.1) is 0 Å². The van der Waals surface area contributed by atoms with Gasteiger partial charge in [-0.25, -0.2) is 23.5 Å². The molecule has 2 aromatic rings. The Bertz CT molecular complexity index is 870. The normalized spacial score (nSPS) is 19.0. The molecule has 2 N–H and O–H groups in total. The second-order valence-corrected chi connectivity index (χ2v) is 6.92. The van der Waals surface area contributed by atoms with Crippen LogP contribution in [0.5, 0.6) is 0 Å². The minimum Gasteiger partial charge on any atom is -0.447 e. The number of amides is 1. The molecular weight excluding hydrogens is 428 g/mol. The molecule has 27 heavy (non-hydrogen) atoms. The summed E-state index contributed by atoms with van der Waals surface area (Å²) in [4.78, 5) is 24.7. The summed E-state index contributed by atoms with van der Waals surface area (Å²) >= 11 is 3.13. The topological polar surface area (TPSA) is 100 Å². The number of carbonyl (C=O) groups excluding carboxylic acids is 1. The van der Waals surface area contributed by atoms with Crippen LogP contribution in [0.2, 0.25) is 0 Å². The molecular formula is C16H16BrF2N5O3. The molecule has 0 aliphatic carbocycles. The average molecular weight is 444 g/mol. The van der Waals surface area contributed by atoms with Crippen molar-refractivity contribution < 1.29 is 23.4 Å². The number of aliphatic hydroxyl groups excluding tert-OH is 1. The largest absolute Gasteiger partial charge is 0.447 e. The van der Waals surface area contributed by atoms with Crippen molar-refractivity contribution in [2.75, 3.05) is 16.8 Å². The first kappa shape index (κ1) is 19.4. The van der Waals surface area contributed by atoms with Gasteiger partial charge in [0.05, 0.1) is 24.0 Å². The Kier molecular flexibility index (Phi) is 5.51. The van der Waals surface area contributed by atoms with E-state index in [4.69, 9.17) is 4.74 Å². The molecule has 144 valence electrons. The van der Waals surface area contributed by atoms with Crippen molar-refractivity contribution in [1.29, 1.82) is 0 Å². The van der Waals surface area contributed by atoms with Crippen LogP contribution in [0.4, 0.5) is 25.3 Å². The summed E-state index contributed by atoms with van der Waals surface area (Å²) in [6.45, 7) is 3.00. The van der Waals surface area contributed by atoms with Crippen molar-refractivity contribution in [2.24, 2.45) is 0 Å². The van der Waals surface area contributed by atoms with Gasteiger partial charge in [0.25, 0.3) is 0 Å². The van der Waals surface area contributed by atoms with Gasteiger partial charge in [-0.2, -0.15) is 4.98 Å². The van der Waals surface area contributed by atoms with E-state index in [0.29, 0.717) is 4.47 Å². The summed E-state index contributed by atoms with van der Waals surface area (Å²) in [5.74, 6) is -1.76. The van der Waals surface area contributed by atoms with Gasteiger partial charge in [-0.05, 0) is 35.8 Å². The fraction of sp³-hybridized carbons (Fsp3) is 0.375. The molecule has 3 heterocycles. The van der Waals surface area contributed by atoms with Crippen LogP contribution in [-0.4, -0.2) is 44.9 Å². The SMILES string of the molecule is C[C@H](Nc1ncc(F)c(N2C(=O)OCC2[C@@H](C)O)n1)c1ncc(Br)cc1F. The number of anilines is 2. The van der Waals surface area contributed by atoms with E-state index in [2.05, 4.69) is 36.2 Å². The number of pyridine rings is 1. The Labute approximate surface area is 161 Å². The zero-order chi connectivity index (χ0) is 19.7. The molecule has 0 saturated carbocycles. The highest BCUT2D eigenvalue weighted by Crippen LogP contribution is 2.27. The lowest BCUT2D eigenvalue weighted by Gasteiger charge is -2.23. The van der Waals surface area contributed by atoms with Gasteiger partial charge in [-0.1, -0.05) is 0 Å². The number of hydrogen-bond donors (Lipinski definition) is 2. The van der Waals surface area contributed by atoms with Crippen LogP contribution in [0, 0.1) is 11.6 Å². The number of halogens is 3. The molecule has 3 rings (SSSR count). The van der Waals surface area contributed by atoms with E-state index in [1.54, 1.807) is 6.92 Å². The van der Waals surface area contributed by atoms with E-state index < -0.39 is 35.9 Å². The van der Waals surface area contributed by atoms with Crippen molar-refractivity contribution >= 4 is 33.8 Å². The number of nitrogens with zero attached hydrogens (tertiary/aromatic N) is 4. The average Bonchev–Trinajstić information content (AvgIpc) is 2.98. The van der Waals surface area contributed by atoms with Crippen LogP contribution in [0.3, 0.4) is 0 Å². The minimum atomic E-state index is -0.956. The van der Waals surface area contributed by atoms with Crippen LogP contribution in [0.15, 0.2) is 22.9 Å². The van der Waals surface area contributed by atoms with Gasteiger partial charge < -0.3 is 15.2 Å². The Hall–Kier alpha value is -2.40. The number of aliphatic hydroxyl groups is 1. The van der Waals surface area contributed by atoms with Crippen LogP contribution < -0.4 is 10.2 Å². The Morgan fingerprint density at radius 1 is 1.33 bits per heavy atom. The minimum absolute atomic E-state index is 0.0351. The van der Waals surface area contributed by atoms with Crippen molar-refractivity contribution in [3.8, 4) is 0 Å². The van der Waals surface area contributed by atoms with E-state index >= 15 is 0 Å². The second kappa shape index (κ2) is 7.69. The lowest BCUT2D eigenvalue weighted by molar-refractivity contribution is 0.142. The first-order chi connectivity index (χ1) is 12.8. The van der Waals surface area contributed by atoms with Crippen LogP contribution in [0.1, 0.15) is 25.6 Å². The van der Waals surface area contributed by atoms with Gasteiger partial charge in [-0.3, -0.25) is 4.98 Å². The molecule has 1 aliphatic rings. The molecule has 1 fully saturated rings. The van der Waals surface area contributed by atoms with E-state index in [1.807, 2.05) is 0 Å². The molecule has 1 aliphatic heterocycles. The van der Waals surface area contributed by atoms with Crippen molar-refractivity contribution in [3.05, 3.63) is 40.3 Å². The molecule has 1 saturated heterocycles. The summed E-state index contributed by atoms with van der Waals surface area (Å²) in [6, 6.07) is -0.141. The standard InChI is InChI=1S/C16H16BrF2N5O3/c1-7(13-10(18)3-9(17)4-20-13)22-15-21-5-11(19)14(23-15)24-12(8(2)25)6-27-16(24)26/h3-5,7-8,12,25H,6H2,1-2H3,(H,21,22,23)/t7-,8+,12?/m0/s1. The highest BCUT2D eigenvalue weighted by Gasteiger charge is 2.39. The molecule has 0 spiro atoms. The van der Waals surface area contributed by atoms with Gasteiger partial charge >= 0.3 is 6.09 Å². The summed E-state index contributed by atoms with van der Waals surface area (Å²) in [6.07, 6.45) is 0.550. The number of nitrogens with one attached hydrogen (secondary N) is 1. The van der Waals surface area contributed by atoms with Crippen LogP contribution >= 0.6 is 15.9 Å². The Balaban J connectivity index is 1.88. The van der Waals surface area contributed by atoms with Crippen LogP contribution in [0.25, 0.3) is 0 Å². The fourth-order valence-corrected chi connectivity index (χ4v) is 2.94. The summed E-state index contributed by atoms with van der Waals surface area (Å²) in [7, 11) is 0. The van der Waals surface area contributed by atoms with E-state index in [9.17, 15) is 18.7 Å². The molecule has 1 amide bonds. The quantitative estimate of drug-likeness (QED) is 0.732. The number of hydrogen-bond acceptors (Lipinski definition) is 7. The Morgan fingerprint density at radius 2 is 2.07 bits per heavy atom. The molecule has 0 radical (unpaired) electrons. The van der Waals surface area contributed by atoms with Crippen molar-refractivity contribution in [3.63, 3.8) is 0 Å². The molecule has 0 aromatic carbocycles. The van der Waals surface area contributed by atoms with Gasteiger partial charge in [0.15, 0.2) is 11.6 Å². The third-order valence-corrected chi connectivity index (χ3v) is 4.44. The number of cyclic esters (lactones) is 1. The van der Waals surface area contributed by atoms with E-state index in [0.717, 1.165) is 11.1 Å². The number of ether oxygens (including phenoxy) is 1. The van der Waals surface area contributed by atoms with Crippen LogP contribution in [-0.2, 0) is 4.74 Å². The highest BCUT2D eigenvalue weighted by molar-refractivity contribution is 9.10. The van der Waals surface area contributed by atoms with Gasteiger partial charge in [0, 0.05) is 10.7 Å². The molecule has 0 bridgehead atoms.